The molecule has 2 bridgehead atoms. The van der Waals surface area contributed by atoms with Gasteiger partial charge in [-0.2, -0.15) is 0 Å². The van der Waals surface area contributed by atoms with Crippen LogP contribution in [0.2, 0.25) is 0 Å². The van der Waals surface area contributed by atoms with Crippen LogP contribution in [0.4, 0.5) is 0 Å². The Morgan fingerprint density at radius 2 is 1.79 bits per heavy atom. The van der Waals surface area contributed by atoms with Crippen LogP contribution in [0, 0.1) is 5.92 Å². The van der Waals surface area contributed by atoms with Gasteiger partial charge in [0.25, 0.3) is 0 Å². The molecule has 0 amide bonds. The van der Waals surface area contributed by atoms with E-state index in [1.54, 1.807) is 0 Å². The molecule has 0 aromatic rings. The molecule has 3 fully saturated rings. The van der Waals surface area contributed by atoms with Crippen molar-refractivity contribution in [3.05, 3.63) is 0 Å². The van der Waals surface area contributed by atoms with Crippen molar-refractivity contribution in [3.8, 4) is 0 Å². The van der Waals surface area contributed by atoms with Crippen LogP contribution in [-0.4, -0.2) is 30.2 Å². The Hall–Kier alpha value is -0.120. The van der Waals surface area contributed by atoms with Gasteiger partial charge in [-0.05, 0) is 31.6 Å². The van der Waals surface area contributed by atoms with Gasteiger partial charge in [-0.3, -0.25) is 0 Å². The van der Waals surface area contributed by atoms with Gasteiger partial charge in [-0.15, -0.1) is 0 Å². The second-order valence-electron chi connectivity index (χ2n) is 4.84. The molecular weight excluding hydrogens is 178 g/mol. The van der Waals surface area contributed by atoms with E-state index < -0.39 is 0 Å². The molecule has 0 aliphatic carbocycles. The molecule has 80 valence electrons. The molecule has 3 heteroatoms. The highest BCUT2D eigenvalue weighted by molar-refractivity contribution is 4.95. The van der Waals surface area contributed by atoms with Gasteiger partial charge in [0.15, 0.2) is 6.79 Å². The Kier molecular flexibility index (Phi) is 2.26. The standard InChI is InChI=1S/C11H19NO2/c1-2-8-5-9-3-4-10(6-8)12(9)11-13-7-14-11/h8-11H,2-7H2,1H3/t8-,9+,10-. The van der Waals surface area contributed by atoms with Crippen LogP contribution in [0.3, 0.4) is 0 Å². The Morgan fingerprint density at radius 1 is 1.14 bits per heavy atom. The fourth-order valence-corrected chi connectivity index (χ4v) is 3.30. The summed E-state index contributed by atoms with van der Waals surface area (Å²) in [5, 5.41) is 0. The lowest BCUT2D eigenvalue weighted by Crippen LogP contribution is -2.55. The minimum absolute atomic E-state index is 0.00491. The van der Waals surface area contributed by atoms with Gasteiger partial charge < -0.3 is 9.47 Å². The molecule has 3 atom stereocenters. The second-order valence-corrected chi connectivity index (χ2v) is 4.84. The van der Waals surface area contributed by atoms with Gasteiger partial charge in [0.1, 0.15) is 0 Å². The molecular formula is C11H19NO2. The molecule has 3 aliphatic heterocycles. The van der Waals surface area contributed by atoms with E-state index in [9.17, 15) is 0 Å². The van der Waals surface area contributed by atoms with E-state index in [-0.39, 0.29) is 6.41 Å². The highest BCUT2D eigenvalue weighted by Gasteiger charge is 2.46. The quantitative estimate of drug-likeness (QED) is 0.675. The Bertz CT molecular complexity index is 203. The summed E-state index contributed by atoms with van der Waals surface area (Å²) in [6, 6.07) is 1.48. The molecule has 0 saturated carbocycles. The van der Waals surface area contributed by atoms with Crippen molar-refractivity contribution in [3.63, 3.8) is 0 Å². The van der Waals surface area contributed by atoms with E-state index in [2.05, 4.69) is 11.8 Å². The van der Waals surface area contributed by atoms with Crippen LogP contribution in [-0.2, 0) is 9.47 Å². The lowest BCUT2D eigenvalue weighted by atomic mass is 9.89. The molecule has 3 heterocycles. The molecule has 0 radical (unpaired) electrons. The van der Waals surface area contributed by atoms with Gasteiger partial charge in [0.2, 0.25) is 6.41 Å². The average Bonchev–Trinajstić information content (AvgIpc) is 2.38. The van der Waals surface area contributed by atoms with Gasteiger partial charge in [-0.1, -0.05) is 13.3 Å². The number of piperidine rings is 1. The third kappa shape index (κ3) is 1.30. The molecule has 0 aromatic heterocycles. The first-order valence-electron chi connectivity index (χ1n) is 5.89. The zero-order chi connectivity index (χ0) is 9.54. The molecule has 0 N–H and O–H groups in total. The van der Waals surface area contributed by atoms with E-state index in [4.69, 9.17) is 9.47 Å². The Morgan fingerprint density at radius 3 is 2.21 bits per heavy atom. The van der Waals surface area contributed by atoms with Crippen LogP contribution in [0.1, 0.15) is 39.0 Å². The van der Waals surface area contributed by atoms with Crippen LogP contribution in [0.25, 0.3) is 0 Å². The summed E-state index contributed by atoms with van der Waals surface area (Å²) in [7, 11) is 0. The first-order chi connectivity index (χ1) is 6.88. The Labute approximate surface area is 85.4 Å². The van der Waals surface area contributed by atoms with Gasteiger partial charge in [0, 0.05) is 12.1 Å². The maximum absolute atomic E-state index is 5.42. The monoisotopic (exact) mass is 197 g/mol. The number of ether oxygens (including phenoxy) is 2. The lowest BCUT2D eigenvalue weighted by molar-refractivity contribution is -0.386. The number of hydrogen-bond donors (Lipinski definition) is 0. The van der Waals surface area contributed by atoms with E-state index in [1.807, 2.05) is 0 Å². The predicted octanol–water partition coefficient (Wildman–Crippen LogP) is 1.93. The van der Waals surface area contributed by atoms with E-state index in [0.29, 0.717) is 6.79 Å². The number of rotatable bonds is 2. The molecule has 0 unspecified atom stereocenters. The highest BCUT2D eigenvalue weighted by Crippen LogP contribution is 2.42. The summed E-state index contributed by atoms with van der Waals surface area (Å²) in [6.07, 6.45) is 6.76. The lowest BCUT2D eigenvalue weighted by Gasteiger charge is -2.45. The summed E-state index contributed by atoms with van der Waals surface area (Å²) < 4.78 is 10.8. The summed E-state index contributed by atoms with van der Waals surface area (Å²) in [4.78, 5) is 2.48. The van der Waals surface area contributed by atoms with Crippen molar-refractivity contribution in [1.82, 2.24) is 4.90 Å². The third-order valence-electron chi connectivity index (χ3n) is 4.13. The minimum Gasteiger partial charge on any atom is -0.313 e. The second kappa shape index (κ2) is 3.47. The van der Waals surface area contributed by atoms with Crippen LogP contribution in [0.5, 0.6) is 0 Å². The number of nitrogens with zero attached hydrogens (tertiary/aromatic N) is 1. The van der Waals surface area contributed by atoms with E-state index >= 15 is 0 Å². The van der Waals surface area contributed by atoms with Crippen LogP contribution >= 0.6 is 0 Å². The fourth-order valence-electron chi connectivity index (χ4n) is 3.30. The van der Waals surface area contributed by atoms with Crippen LogP contribution in [0.15, 0.2) is 0 Å². The van der Waals surface area contributed by atoms with Crippen LogP contribution < -0.4 is 0 Å². The van der Waals surface area contributed by atoms with E-state index in [1.165, 1.54) is 32.1 Å². The maximum Gasteiger partial charge on any atom is 0.223 e. The molecule has 0 spiro atoms. The highest BCUT2D eigenvalue weighted by atomic mass is 16.9. The molecule has 3 rings (SSSR count). The van der Waals surface area contributed by atoms with Crippen molar-refractivity contribution >= 4 is 0 Å². The normalized spacial score (nSPS) is 43.9. The fraction of sp³-hybridized carbons (Fsp3) is 1.00. The Balaban J connectivity index is 1.70. The predicted molar refractivity (Wildman–Crippen MR) is 52.5 cm³/mol. The SMILES string of the molecule is CC[C@H]1C[C@H]2CC[C@@H](C1)N2C1OCO1. The molecule has 14 heavy (non-hydrogen) atoms. The van der Waals surface area contributed by atoms with Crippen molar-refractivity contribution in [2.75, 3.05) is 6.79 Å². The van der Waals surface area contributed by atoms with Crippen molar-refractivity contribution in [2.24, 2.45) is 5.92 Å². The van der Waals surface area contributed by atoms with Gasteiger partial charge >= 0.3 is 0 Å². The minimum atomic E-state index is 0.00491. The van der Waals surface area contributed by atoms with E-state index in [0.717, 1.165) is 18.0 Å². The van der Waals surface area contributed by atoms with Crippen molar-refractivity contribution in [2.45, 2.75) is 57.5 Å². The molecule has 3 saturated heterocycles. The number of hydrogen-bond acceptors (Lipinski definition) is 3. The average molecular weight is 197 g/mol. The summed E-state index contributed by atoms with van der Waals surface area (Å²) >= 11 is 0. The summed E-state index contributed by atoms with van der Waals surface area (Å²) in [6.45, 7) is 2.81. The molecule has 3 nitrogen and oxygen atoms in total. The topological polar surface area (TPSA) is 21.7 Å². The summed E-state index contributed by atoms with van der Waals surface area (Å²) in [5.74, 6) is 0.948. The molecule has 0 aromatic carbocycles. The van der Waals surface area contributed by atoms with Gasteiger partial charge in [-0.25, -0.2) is 4.90 Å². The molecule has 3 aliphatic rings. The number of fused-ring (bicyclic) bond motifs is 2. The maximum atomic E-state index is 5.42. The van der Waals surface area contributed by atoms with Crippen molar-refractivity contribution in [1.29, 1.82) is 0 Å². The zero-order valence-electron chi connectivity index (χ0n) is 8.82. The largest absolute Gasteiger partial charge is 0.313 e. The zero-order valence-corrected chi connectivity index (χ0v) is 8.82. The smallest absolute Gasteiger partial charge is 0.223 e. The van der Waals surface area contributed by atoms with Gasteiger partial charge in [0.05, 0.1) is 0 Å². The summed E-state index contributed by atoms with van der Waals surface area (Å²) in [5.41, 5.74) is 0. The van der Waals surface area contributed by atoms with Crippen molar-refractivity contribution < 1.29 is 9.47 Å². The third-order valence-corrected chi connectivity index (χ3v) is 4.13. The first-order valence-corrected chi connectivity index (χ1v) is 5.89. The first kappa shape index (κ1) is 9.13.